The summed E-state index contributed by atoms with van der Waals surface area (Å²) in [5.74, 6) is 0. The van der Waals surface area contributed by atoms with E-state index in [0.717, 1.165) is 23.0 Å². The van der Waals surface area contributed by atoms with E-state index in [-0.39, 0.29) is 5.41 Å². The Balaban J connectivity index is 1.96. The molecule has 2 aromatic carbocycles. The largest absolute Gasteiger partial charge is 0.341 e. The van der Waals surface area contributed by atoms with Crippen molar-refractivity contribution in [2.45, 2.75) is 43.9 Å². The summed E-state index contributed by atoms with van der Waals surface area (Å²) in [6, 6.07) is 12.7. The Bertz CT molecular complexity index is 726. The zero-order valence-electron chi connectivity index (χ0n) is 14.4. The molecule has 1 saturated carbocycles. The standard InChI is InChI=1S/C21H24Cl2N2/c22-15-5-7-19-17(13-15)21(9-2-1-3-10-21)18-14-16(23)6-8-20(18)25(19)12-4-11-24/h5-8,13-14H,1-4,9-12,24H2. The van der Waals surface area contributed by atoms with Crippen LogP contribution >= 0.6 is 23.2 Å². The summed E-state index contributed by atoms with van der Waals surface area (Å²) in [7, 11) is 0. The molecule has 1 spiro atoms. The Labute approximate surface area is 159 Å². The first-order valence-corrected chi connectivity index (χ1v) is 9.99. The van der Waals surface area contributed by atoms with Crippen LogP contribution in [-0.4, -0.2) is 13.1 Å². The topological polar surface area (TPSA) is 29.3 Å². The quantitative estimate of drug-likeness (QED) is 0.708. The van der Waals surface area contributed by atoms with Gasteiger partial charge in [-0.15, -0.1) is 0 Å². The van der Waals surface area contributed by atoms with Gasteiger partial charge in [0.1, 0.15) is 0 Å². The van der Waals surface area contributed by atoms with Gasteiger partial charge in [0.05, 0.1) is 0 Å². The maximum Gasteiger partial charge on any atom is 0.0453 e. The molecule has 0 aromatic heterocycles. The number of nitrogens with zero attached hydrogens (tertiary/aromatic N) is 1. The zero-order valence-corrected chi connectivity index (χ0v) is 15.9. The van der Waals surface area contributed by atoms with Crippen molar-refractivity contribution in [3.05, 3.63) is 57.6 Å². The monoisotopic (exact) mass is 374 g/mol. The molecule has 4 heteroatoms. The minimum atomic E-state index is 0.0396. The Morgan fingerprint density at radius 3 is 1.96 bits per heavy atom. The summed E-state index contributed by atoms with van der Waals surface area (Å²) in [6.45, 7) is 1.60. The fourth-order valence-corrected chi connectivity index (χ4v) is 5.06. The maximum atomic E-state index is 6.42. The van der Waals surface area contributed by atoms with E-state index in [4.69, 9.17) is 28.9 Å². The number of benzene rings is 2. The molecule has 0 saturated heterocycles. The number of anilines is 2. The second-order valence-electron chi connectivity index (χ2n) is 7.26. The fourth-order valence-electron chi connectivity index (χ4n) is 4.71. The van der Waals surface area contributed by atoms with Gasteiger partial charge in [-0.2, -0.15) is 0 Å². The average Bonchev–Trinajstić information content (AvgIpc) is 2.63. The van der Waals surface area contributed by atoms with E-state index in [1.807, 2.05) is 12.1 Å². The van der Waals surface area contributed by atoms with Gasteiger partial charge in [-0.25, -0.2) is 0 Å². The molecular weight excluding hydrogens is 351 g/mol. The summed E-state index contributed by atoms with van der Waals surface area (Å²) in [4.78, 5) is 2.41. The fraction of sp³-hybridized carbons (Fsp3) is 0.429. The van der Waals surface area contributed by atoms with Crippen molar-refractivity contribution in [1.82, 2.24) is 0 Å². The molecule has 1 aliphatic heterocycles. The van der Waals surface area contributed by atoms with Crippen LogP contribution in [0.15, 0.2) is 36.4 Å². The highest BCUT2D eigenvalue weighted by Gasteiger charge is 2.43. The predicted octanol–water partition coefficient (Wildman–Crippen LogP) is 6.04. The van der Waals surface area contributed by atoms with E-state index < -0.39 is 0 Å². The molecule has 0 unspecified atom stereocenters. The first-order chi connectivity index (χ1) is 12.2. The number of hydrogen-bond acceptors (Lipinski definition) is 2. The molecule has 1 fully saturated rings. The Hall–Kier alpha value is -1.22. The lowest BCUT2D eigenvalue weighted by atomic mass is 9.63. The minimum Gasteiger partial charge on any atom is -0.341 e. The minimum absolute atomic E-state index is 0.0396. The van der Waals surface area contributed by atoms with E-state index in [2.05, 4.69) is 29.2 Å². The van der Waals surface area contributed by atoms with Crippen molar-refractivity contribution in [2.75, 3.05) is 18.0 Å². The highest BCUT2D eigenvalue weighted by atomic mass is 35.5. The van der Waals surface area contributed by atoms with Gasteiger partial charge >= 0.3 is 0 Å². The third-order valence-corrected chi connectivity index (χ3v) is 6.29. The van der Waals surface area contributed by atoms with E-state index in [1.54, 1.807) is 0 Å². The van der Waals surface area contributed by atoms with Crippen LogP contribution in [0.25, 0.3) is 0 Å². The Kier molecular flexibility index (Phi) is 4.70. The molecule has 0 bridgehead atoms. The Morgan fingerprint density at radius 2 is 1.44 bits per heavy atom. The highest BCUT2D eigenvalue weighted by molar-refractivity contribution is 6.31. The van der Waals surface area contributed by atoms with Crippen LogP contribution in [0.2, 0.25) is 10.0 Å². The predicted molar refractivity (Wildman–Crippen MR) is 107 cm³/mol. The van der Waals surface area contributed by atoms with E-state index in [1.165, 1.54) is 54.6 Å². The molecule has 132 valence electrons. The summed E-state index contributed by atoms with van der Waals surface area (Å²) in [6.07, 6.45) is 7.10. The molecule has 0 radical (unpaired) electrons. The third-order valence-electron chi connectivity index (χ3n) is 5.82. The van der Waals surface area contributed by atoms with Gasteiger partial charge in [0.25, 0.3) is 0 Å². The van der Waals surface area contributed by atoms with E-state index in [0.29, 0.717) is 6.54 Å². The van der Waals surface area contributed by atoms with Gasteiger partial charge in [-0.1, -0.05) is 42.5 Å². The molecule has 2 N–H and O–H groups in total. The molecule has 1 heterocycles. The summed E-state index contributed by atoms with van der Waals surface area (Å²) in [5, 5.41) is 1.63. The summed E-state index contributed by atoms with van der Waals surface area (Å²) >= 11 is 12.8. The van der Waals surface area contributed by atoms with Crippen molar-refractivity contribution < 1.29 is 0 Å². The first-order valence-electron chi connectivity index (χ1n) is 9.23. The van der Waals surface area contributed by atoms with E-state index >= 15 is 0 Å². The number of halogens is 2. The third kappa shape index (κ3) is 2.85. The molecule has 0 atom stereocenters. The second-order valence-corrected chi connectivity index (χ2v) is 8.13. The molecule has 2 aromatic rings. The zero-order chi connectivity index (χ0) is 17.4. The van der Waals surface area contributed by atoms with Crippen molar-refractivity contribution in [3.8, 4) is 0 Å². The number of hydrogen-bond donors (Lipinski definition) is 1. The maximum absolute atomic E-state index is 6.42. The van der Waals surface area contributed by atoms with Crippen LogP contribution in [0.3, 0.4) is 0 Å². The van der Waals surface area contributed by atoms with Gasteiger partial charge in [0.2, 0.25) is 0 Å². The van der Waals surface area contributed by atoms with Crippen molar-refractivity contribution >= 4 is 34.6 Å². The van der Waals surface area contributed by atoms with Crippen molar-refractivity contribution in [3.63, 3.8) is 0 Å². The summed E-state index contributed by atoms with van der Waals surface area (Å²) in [5.41, 5.74) is 11.1. The van der Waals surface area contributed by atoms with Crippen LogP contribution in [0.5, 0.6) is 0 Å². The van der Waals surface area contributed by atoms with Crippen LogP contribution in [-0.2, 0) is 5.41 Å². The molecule has 25 heavy (non-hydrogen) atoms. The van der Waals surface area contributed by atoms with Gasteiger partial charge in [0.15, 0.2) is 0 Å². The van der Waals surface area contributed by atoms with Gasteiger partial charge < -0.3 is 10.6 Å². The normalized spacial score (nSPS) is 18.1. The van der Waals surface area contributed by atoms with Gasteiger partial charge in [0, 0.05) is 33.4 Å². The van der Waals surface area contributed by atoms with Crippen LogP contribution in [0, 0.1) is 0 Å². The molecule has 0 amide bonds. The highest BCUT2D eigenvalue weighted by Crippen LogP contribution is 2.56. The molecular formula is C21H24Cl2N2. The average molecular weight is 375 g/mol. The van der Waals surface area contributed by atoms with Crippen LogP contribution in [0.4, 0.5) is 11.4 Å². The molecule has 1 aliphatic carbocycles. The van der Waals surface area contributed by atoms with E-state index in [9.17, 15) is 0 Å². The van der Waals surface area contributed by atoms with Gasteiger partial charge in [-0.05, 0) is 73.3 Å². The Morgan fingerprint density at radius 1 is 0.880 bits per heavy atom. The summed E-state index contributed by atoms with van der Waals surface area (Å²) < 4.78 is 0. The van der Waals surface area contributed by atoms with Crippen molar-refractivity contribution in [1.29, 1.82) is 0 Å². The molecule has 2 nitrogen and oxygen atoms in total. The first kappa shape index (κ1) is 17.2. The number of fused-ring (bicyclic) bond motifs is 4. The molecule has 4 rings (SSSR count). The number of nitrogens with two attached hydrogens (primary N) is 1. The smallest absolute Gasteiger partial charge is 0.0453 e. The van der Waals surface area contributed by atoms with Crippen LogP contribution < -0.4 is 10.6 Å². The SMILES string of the molecule is NCCCN1c2ccc(Cl)cc2C2(CCCCC2)c2cc(Cl)ccc21. The lowest BCUT2D eigenvalue weighted by molar-refractivity contribution is 0.343. The molecule has 2 aliphatic rings. The second kappa shape index (κ2) is 6.83. The number of rotatable bonds is 3. The van der Waals surface area contributed by atoms with Gasteiger partial charge in [-0.3, -0.25) is 0 Å². The lowest BCUT2D eigenvalue weighted by Crippen LogP contribution is -2.39. The van der Waals surface area contributed by atoms with Crippen molar-refractivity contribution in [2.24, 2.45) is 5.73 Å². The van der Waals surface area contributed by atoms with Crippen LogP contribution in [0.1, 0.15) is 49.7 Å². The lowest BCUT2D eigenvalue weighted by Gasteiger charge is -2.47.